The van der Waals surface area contributed by atoms with Gasteiger partial charge in [0.15, 0.2) is 0 Å². The van der Waals surface area contributed by atoms with E-state index in [9.17, 15) is 10.2 Å². The molecule has 0 aromatic rings. The minimum Gasteiger partial charge on any atom is -0.393 e. The Morgan fingerprint density at radius 1 is 1.33 bits per heavy atom. The minimum atomic E-state index is -0.922. The van der Waals surface area contributed by atoms with Crippen LogP contribution in [0.2, 0.25) is 0 Å². The Hall–Kier alpha value is -0.120. The molecule has 5 atom stereocenters. The zero-order valence-corrected chi connectivity index (χ0v) is 11.6. The number of aliphatic hydroxyl groups excluding tert-OH is 1. The molecule has 3 aliphatic rings. The van der Waals surface area contributed by atoms with Crippen molar-refractivity contribution < 1.29 is 14.9 Å². The van der Waals surface area contributed by atoms with E-state index < -0.39 is 5.60 Å². The molecule has 5 unspecified atom stereocenters. The third-order valence-corrected chi connectivity index (χ3v) is 6.12. The first-order valence-corrected chi connectivity index (χ1v) is 7.39. The van der Waals surface area contributed by atoms with E-state index in [1.807, 2.05) is 0 Å². The molecule has 3 heteroatoms. The quantitative estimate of drug-likeness (QED) is 0.742. The Morgan fingerprint density at radius 3 is 2.67 bits per heavy atom. The molecule has 1 aliphatic heterocycles. The summed E-state index contributed by atoms with van der Waals surface area (Å²) in [5.41, 5.74) is -0.386. The molecule has 2 saturated carbocycles. The summed E-state index contributed by atoms with van der Waals surface area (Å²) >= 11 is 0. The summed E-state index contributed by atoms with van der Waals surface area (Å²) in [6, 6.07) is 0. The Kier molecular flexibility index (Phi) is 2.82. The van der Waals surface area contributed by atoms with Crippen molar-refractivity contribution in [2.45, 2.75) is 63.6 Å². The van der Waals surface area contributed by atoms with Crippen molar-refractivity contribution in [3.63, 3.8) is 0 Å². The second kappa shape index (κ2) is 3.94. The predicted octanol–water partition coefficient (Wildman–Crippen LogP) is 2.11. The average molecular weight is 254 g/mol. The second-order valence-electron chi connectivity index (χ2n) is 7.40. The predicted molar refractivity (Wildman–Crippen MR) is 69.2 cm³/mol. The molecule has 1 spiro atoms. The highest BCUT2D eigenvalue weighted by atomic mass is 16.6. The third-order valence-electron chi connectivity index (χ3n) is 6.12. The summed E-state index contributed by atoms with van der Waals surface area (Å²) < 4.78 is 5.82. The van der Waals surface area contributed by atoms with Crippen LogP contribution in [0.3, 0.4) is 0 Å². The lowest BCUT2D eigenvalue weighted by atomic mass is 9.53. The first kappa shape index (κ1) is 12.9. The van der Waals surface area contributed by atoms with Crippen molar-refractivity contribution in [3.05, 3.63) is 0 Å². The third kappa shape index (κ3) is 1.83. The highest BCUT2D eigenvalue weighted by Gasteiger charge is 2.61. The maximum atomic E-state index is 10.3. The lowest BCUT2D eigenvalue weighted by molar-refractivity contribution is -0.105. The molecule has 3 nitrogen and oxygen atoms in total. The number of aliphatic hydroxyl groups is 2. The van der Waals surface area contributed by atoms with E-state index in [4.69, 9.17) is 4.74 Å². The summed E-state index contributed by atoms with van der Waals surface area (Å²) in [6.45, 7) is 4.98. The molecule has 0 aromatic heterocycles. The molecule has 18 heavy (non-hydrogen) atoms. The summed E-state index contributed by atoms with van der Waals surface area (Å²) in [6.07, 6.45) is 7.01. The molecule has 104 valence electrons. The van der Waals surface area contributed by atoms with Crippen molar-refractivity contribution in [2.24, 2.45) is 17.3 Å². The topological polar surface area (TPSA) is 53.0 Å². The SMILES string of the molecule is CC(O)(CO)C1CCC2(C)CCCC3(CO3)C2C1. The van der Waals surface area contributed by atoms with Crippen molar-refractivity contribution in [3.8, 4) is 0 Å². The van der Waals surface area contributed by atoms with Crippen LogP contribution in [-0.4, -0.2) is 34.6 Å². The van der Waals surface area contributed by atoms with Crippen LogP contribution >= 0.6 is 0 Å². The van der Waals surface area contributed by atoms with E-state index >= 15 is 0 Å². The van der Waals surface area contributed by atoms with Crippen molar-refractivity contribution in [1.82, 2.24) is 0 Å². The van der Waals surface area contributed by atoms with Gasteiger partial charge in [-0.2, -0.15) is 0 Å². The molecule has 0 aromatic carbocycles. The molecule has 0 bridgehead atoms. The van der Waals surface area contributed by atoms with Crippen molar-refractivity contribution >= 4 is 0 Å². The molecular weight excluding hydrogens is 228 g/mol. The van der Waals surface area contributed by atoms with E-state index in [0.717, 1.165) is 19.4 Å². The van der Waals surface area contributed by atoms with Gasteiger partial charge in [-0.15, -0.1) is 0 Å². The fourth-order valence-electron chi connectivity index (χ4n) is 4.61. The van der Waals surface area contributed by atoms with Crippen LogP contribution in [0, 0.1) is 17.3 Å². The molecular formula is C15H26O3. The van der Waals surface area contributed by atoms with Gasteiger partial charge in [0.1, 0.15) is 0 Å². The van der Waals surface area contributed by atoms with Gasteiger partial charge in [-0.3, -0.25) is 0 Å². The van der Waals surface area contributed by atoms with Gasteiger partial charge in [0.2, 0.25) is 0 Å². The second-order valence-corrected chi connectivity index (χ2v) is 7.40. The van der Waals surface area contributed by atoms with E-state index in [0.29, 0.717) is 11.3 Å². The molecule has 2 N–H and O–H groups in total. The van der Waals surface area contributed by atoms with Crippen LogP contribution in [0.1, 0.15) is 52.4 Å². The van der Waals surface area contributed by atoms with Crippen molar-refractivity contribution in [2.75, 3.05) is 13.2 Å². The van der Waals surface area contributed by atoms with E-state index in [1.54, 1.807) is 6.92 Å². The fourth-order valence-corrected chi connectivity index (χ4v) is 4.61. The van der Waals surface area contributed by atoms with E-state index in [2.05, 4.69) is 6.92 Å². The highest BCUT2D eigenvalue weighted by molar-refractivity contribution is 5.10. The van der Waals surface area contributed by atoms with Gasteiger partial charge in [0.05, 0.1) is 24.4 Å². The number of rotatable bonds is 2. The molecule has 3 fully saturated rings. The smallest absolute Gasteiger partial charge is 0.0949 e. The first-order chi connectivity index (χ1) is 8.42. The Morgan fingerprint density at radius 2 is 2.06 bits per heavy atom. The first-order valence-electron chi connectivity index (χ1n) is 7.39. The van der Waals surface area contributed by atoms with Crippen LogP contribution in [0.15, 0.2) is 0 Å². The number of epoxide rings is 1. The van der Waals surface area contributed by atoms with Gasteiger partial charge < -0.3 is 14.9 Å². The van der Waals surface area contributed by atoms with Crippen LogP contribution in [0.25, 0.3) is 0 Å². The van der Waals surface area contributed by atoms with Crippen LogP contribution in [-0.2, 0) is 4.74 Å². The molecule has 1 saturated heterocycles. The monoisotopic (exact) mass is 254 g/mol. The zero-order valence-electron chi connectivity index (χ0n) is 11.6. The average Bonchev–Trinajstić information content (AvgIpc) is 3.09. The lowest BCUT2D eigenvalue weighted by Gasteiger charge is -2.52. The summed E-state index contributed by atoms with van der Waals surface area (Å²) in [7, 11) is 0. The fraction of sp³-hybridized carbons (Fsp3) is 1.00. The van der Waals surface area contributed by atoms with Gasteiger partial charge in [-0.05, 0) is 62.7 Å². The molecule has 0 radical (unpaired) electrons. The normalized spacial score (nSPS) is 50.7. The van der Waals surface area contributed by atoms with Crippen LogP contribution in [0.4, 0.5) is 0 Å². The van der Waals surface area contributed by atoms with Crippen LogP contribution in [0.5, 0.6) is 0 Å². The molecule has 1 heterocycles. The maximum Gasteiger partial charge on any atom is 0.0949 e. The Labute approximate surface area is 110 Å². The number of ether oxygens (including phenoxy) is 1. The Balaban J connectivity index is 1.81. The van der Waals surface area contributed by atoms with Gasteiger partial charge in [0, 0.05) is 0 Å². The minimum absolute atomic E-state index is 0.130. The summed E-state index contributed by atoms with van der Waals surface area (Å²) in [4.78, 5) is 0. The summed E-state index contributed by atoms with van der Waals surface area (Å²) in [5.74, 6) is 0.801. The van der Waals surface area contributed by atoms with Gasteiger partial charge in [-0.25, -0.2) is 0 Å². The largest absolute Gasteiger partial charge is 0.393 e. The standard InChI is InChI=1S/C15H26O3/c1-13-5-3-6-15(10-18-15)12(13)8-11(4-7-13)14(2,17)9-16/h11-12,16-17H,3-10H2,1-2H3. The van der Waals surface area contributed by atoms with Gasteiger partial charge in [-0.1, -0.05) is 6.92 Å². The number of hydrogen-bond donors (Lipinski definition) is 2. The molecule has 2 aliphatic carbocycles. The van der Waals surface area contributed by atoms with Gasteiger partial charge in [0.25, 0.3) is 0 Å². The van der Waals surface area contributed by atoms with Crippen molar-refractivity contribution in [1.29, 1.82) is 0 Å². The van der Waals surface area contributed by atoms with Crippen LogP contribution < -0.4 is 0 Å². The van der Waals surface area contributed by atoms with Gasteiger partial charge >= 0.3 is 0 Å². The number of hydrogen-bond acceptors (Lipinski definition) is 3. The van der Waals surface area contributed by atoms with E-state index in [1.165, 1.54) is 25.7 Å². The maximum absolute atomic E-state index is 10.3. The lowest BCUT2D eigenvalue weighted by Crippen LogP contribution is -2.51. The summed E-state index contributed by atoms with van der Waals surface area (Å²) in [5, 5.41) is 19.7. The zero-order chi connectivity index (χ0) is 13.0. The molecule has 3 rings (SSSR count). The van der Waals surface area contributed by atoms with E-state index in [-0.39, 0.29) is 18.1 Å². The Bertz CT molecular complexity index is 335. The number of fused-ring (bicyclic) bond motifs is 2. The molecule has 0 amide bonds. The highest BCUT2D eigenvalue weighted by Crippen LogP contribution is 2.61.